The van der Waals surface area contributed by atoms with Crippen molar-refractivity contribution in [3.8, 4) is 0 Å². The molecule has 158 valence electrons. The van der Waals surface area contributed by atoms with Crippen molar-refractivity contribution in [2.45, 2.75) is 78.4 Å². The van der Waals surface area contributed by atoms with Crippen LogP contribution in [0.15, 0.2) is 24.3 Å². The first kappa shape index (κ1) is 21.4. The van der Waals surface area contributed by atoms with Gasteiger partial charge in [-0.3, -0.25) is 9.59 Å². The number of benzene rings is 1. The van der Waals surface area contributed by atoms with E-state index in [4.69, 9.17) is 9.47 Å². The molecular formula is C24H33NO4. The average molecular weight is 400 g/mol. The van der Waals surface area contributed by atoms with Crippen LogP contribution in [0.2, 0.25) is 0 Å². The molecule has 0 saturated carbocycles. The van der Waals surface area contributed by atoms with Crippen molar-refractivity contribution in [2.75, 3.05) is 0 Å². The average Bonchev–Trinajstić information content (AvgIpc) is 2.85. The van der Waals surface area contributed by atoms with Crippen LogP contribution in [0.4, 0.5) is 0 Å². The van der Waals surface area contributed by atoms with Gasteiger partial charge in [-0.1, -0.05) is 25.1 Å². The second kappa shape index (κ2) is 6.89. The van der Waals surface area contributed by atoms with Gasteiger partial charge in [-0.05, 0) is 65.5 Å². The molecular weight excluding hydrogens is 366 g/mol. The highest BCUT2D eigenvalue weighted by Crippen LogP contribution is 2.48. The first-order valence-electron chi connectivity index (χ1n) is 10.3. The second-order valence-electron chi connectivity index (χ2n) is 10.3. The normalized spacial score (nSPS) is 19.0. The van der Waals surface area contributed by atoms with E-state index in [0.717, 1.165) is 11.2 Å². The summed E-state index contributed by atoms with van der Waals surface area (Å²) in [6.45, 7) is 13.0. The Morgan fingerprint density at radius 1 is 1.00 bits per heavy atom. The summed E-state index contributed by atoms with van der Waals surface area (Å²) in [5.74, 6) is -0.978. The summed E-state index contributed by atoms with van der Waals surface area (Å²) < 4.78 is 13.6. The third-order valence-electron chi connectivity index (χ3n) is 5.47. The summed E-state index contributed by atoms with van der Waals surface area (Å²) in [6, 6.07) is 8.22. The second-order valence-corrected chi connectivity index (χ2v) is 10.3. The van der Waals surface area contributed by atoms with Crippen LogP contribution in [0.1, 0.15) is 72.1 Å². The lowest BCUT2D eigenvalue weighted by Crippen LogP contribution is -2.50. The number of rotatable bonds is 2. The van der Waals surface area contributed by atoms with Gasteiger partial charge in [0.1, 0.15) is 11.2 Å². The summed E-state index contributed by atoms with van der Waals surface area (Å²) in [7, 11) is 1.99. The predicted octanol–water partition coefficient (Wildman–Crippen LogP) is 4.90. The molecule has 0 aliphatic heterocycles. The summed E-state index contributed by atoms with van der Waals surface area (Å²) in [4.78, 5) is 26.8. The fraction of sp³-hybridized carbons (Fsp3) is 0.583. The van der Waals surface area contributed by atoms with Crippen molar-refractivity contribution in [1.29, 1.82) is 0 Å². The Morgan fingerprint density at radius 2 is 1.52 bits per heavy atom. The molecule has 5 heteroatoms. The third kappa shape index (κ3) is 3.92. The molecule has 0 radical (unpaired) electrons. The van der Waals surface area contributed by atoms with Gasteiger partial charge in [0.25, 0.3) is 0 Å². The molecule has 29 heavy (non-hydrogen) atoms. The number of aryl methyl sites for hydroxylation is 1. The number of fused-ring (bicyclic) bond motifs is 3. The summed E-state index contributed by atoms with van der Waals surface area (Å²) in [5, 5.41) is 1.18. The molecule has 1 unspecified atom stereocenters. The van der Waals surface area contributed by atoms with E-state index in [-0.39, 0.29) is 12.3 Å². The minimum atomic E-state index is -1.35. The van der Waals surface area contributed by atoms with Crippen LogP contribution in [0, 0.1) is 5.41 Å². The van der Waals surface area contributed by atoms with Crippen molar-refractivity contribution in [2.24, 2.45) is 12.5 Å². The van der Waals surface area contributed by atoms with Crippen molar-refractivity contribution in [3.63, 3.8) is 0 Å². The van der Waals surface area contributed by atoms with Crippen molar-refractivity contribution in [1.82, 2.24) is 4.57 Å². The number of hydrogen-bond acceptors (Lipinski definition) is 4. The Morgan fingerprint density at radius 3 is 2.03 bits per heavy atom. The molecule has 1 aromatic heterocycles. The highest BCUT2D eigenvalue weighted by atomic mass is 16.6. The van der Waals surface area contributed by atoms with Crippen LogP contribution in [-0.4, -0.2) is 27.7 Å². The van der Waals surface area contributed by atoms with E-state index in [9.17, 15) is 9.59 Å². The standard InChI is InChI=1S/C24H33NO4/c1-15-13-24(20(26)28-22(2,3)4,21(27)29-23(5,6)7)14-18-19(15)16-11-9-10-12-17(16)25(18)8/h9-12,15H,13-14H2,1-8H3. The predicted molar refractivity (Wildman–Crippen MR) is 114 cm³/mol. The fourth-order valence-corrected chi connectivity index (χ4v) is 4.37. The first-order valence-corrected chi connectivity index (χ1v) is 10.3. The van der Waals surface area contributed by atoms with E-state index < -0.39 is 28.6 Å². The number of para-hydroxylation sites is 1. The third-order valence-corrected chi connectivity index (χ3v) is 5.47. The molecule has 0 bridgehead atoms. The zero-order valence-corrected chi connectivity index (χ0v) is 18.9. The topological polar surface area (TPSA) is 57.5 Å². The van der Waals surface area contributed by atoms with Gasteiger partial charge in [0.2, 0.25) is 0 Å². The van der Waals surface area contributed by atoms with Crippen LogP contribution in [0.3, 0.4) is 0 Å². The van der Waals surface area contributed by atoms with Crippen LogP contribution < -0.4 is 0 Å². The molecule has 1 aliphatic rings. The maximum Gasteiger partial charge on any atom is 0.324 e. The smallest absolute Gasteiger partial charge is 0.324 e. The summed E-state index contributed by atoms with van der Waals surface area (Å²) >= 11 is 0. The molecule has 0 N–H and O–H groups in total. The van der Waals surface area contributed by atoms with Gasteiger partial charge >= 0.3 is 11.9 Å². The molecule has 0 spiro atoms. The Balaban J connectivity index is 2.15. The van der Waals surface area contributed by atoms with Gasteiger partial charge in [0.05, 0.1) is 0 Å². The van der Waals surface area contributed by atoms with E-state index in [0.29, 0.717) is 6.42 Å². The van der Waals surface area contributed by atoms with Gasteiger partial charge in [-0.25, -0.2) is 0 Å². The van der Waals surface area contributed by atoms with E-state index in [1.54, 1.807) is 0 Å². The monoisotopic (exact) mass is 399 g/mol. The Labute approximate surface area is 173 Å². The number of esters is 2. The minimum absolute atomic E-state index is 0.0184. The van der Waals surface area contributed by atoms with Crippen molar-refractivity contribution in [3.05, 3.63) is 35.5 Å². The minimum Gasteiger partial charge on any atom is -0.459 e. The molecule has 5 nitrogen and oxygen atoms in total. The SMILES string of the molecule is CC1CC(C(=O)OC(C)(C)C)(C(=O)OC(C)(C)C)Cc2c1c1ccccc1n2C. The van der Waals surface area contributed by atoms with E-state index >= 15 is 0 Å². The van der Waals surface area contributed by atoms with Crippen molar-refractivity contribution < 1.29 is 19.1 Å². The highest BCUT2D eigenvalue weighted by Gasteiger charge is 2.55. The van der Waals surface area contributed by atoms with Crippen LogP contribution in [-0.2, 0) is 32.5 Å². The Hall–Kier alpha value is -2.30. The van der Waals surface area contributed by atoms with Crippen LogP contribution >= 0.6 is 0 Å². The lowest BCUT2D eigenvalue weighted by molar-refractivity contribution is -0.187. The van der Waals surface area contributed by atoms with E-state index in [2.05, 4.69) is 23.6 Å². The van der Waals surface area contributed by atoms with E-state index in [1.165, 1.54) is 10.9 Å². The number of carbonyl (C=O) groups is 2. The summed E-state index contributed by atoms with van der Waals surface area (Å²) in [5.41, 5.74) is 0.596. The molecule has 0 amide bonds. The highest BCUT2D eigenvalue weighted by molar-refractivity contribution is 6.02. The van der Waals surface area contributed by atoms with E-state index in [1.807, 2.05) is 60.7 Å². The number of ether oxygens (including phenoxy) is 2. The zero-order valence-electron chi connectivity index (χ0n) is 18.9. The maximum atomic E-state index is 13.4. The lowest BCUT2D eigenvalue weighted by Gasteiger charge is -2.39. The van der Waals surface area contributed by atoms with Crippen LogP contribution in [0.25, 0.3) is 10.9 Å². The molecule has 1 aliphatic carbocycles. The van der Waals surface area contributed by atoms with Gasteiger partial charge in [0, 0.05) is 30.1 Å². The number of aromatic nitrogens is 1. The molecule has 1 heterocycles. The zero-order chi connectivity index (χ0) is 21.8. The molecule has 1 aromatic carbocycles. The number of nitrogens with zero attached hydrogens (tertiary/aromatic N) is 1. The Kier molecular flexibility index (Phi) is 5.09. The molecule has 0 saturated heterocycles. The molecule has 0 fully saturated rings. The van der Waals surface area contributed by atoms with Gasteiger partial charge in [-0.2, -0.15) is 0 Å². The molecule has 3 rings (SSSR count). The summed E-state index contributed by atoms with van der Waals surface area (Å²) in [6.07, 6.45) is 0.652. The van der Waals surface area contributed by atoms with Gasteiger partial charge in [-0.15, -0.1) is 0 Å². The number of carbonyl (C=O) groups excluding carboxylic acids is 2. The van der Waals surface area contributed by atoms with Crippen molar-refractivity contribution >= 4 is 22.8 Å². The maximum absolute atomic E-state index is 13.4. The fourth-order valence-electron chi connectivity index (χ4n) is 4.37. The quantitative estimate of drug-likeness (QED) is 0.532. The largest absolute Gasteiger partial charge is 0.459 e. The van der Waals surface area contributed by atoms with Gasteiger partial charge in [0.15, 0.2) is 5.41 Å². The van der Waals surface area contributed by atoms with Gasteiger partial charge < -0.3 is 14.0 Å². The van der Waals surface area contributed by atoms with Crippen LogP contribution in [0.5, 0.6) is 0 Å². The Bertz CT molecular complexity index is 928. The molecule has 1 atom stereocenters. The number of hydrogen-bond donors (Lipinski definition) is 0. The lowest BCUT2D eigenvalue weighted by atomic mass is 9.68. The molecule has 2 aromatic rings. The first-order chi connectivity index (χ1) is 13.3.